The van der Waals surface area contributed by atoms with Crippen molar-refractivity contribution in [1.29, 1.82) is 0 Å². The van der Waals surface area contributed by atoms with E-state index in [9.17, 15) is 5.11 Å². The Bertz CT molecular complexity index is 572. The highest BCUT2D eigenvalue weighted by atomic mass is 16.5. The third-order valence-corrected chi connectivity index (χ3v) is 2.94. The molecule has 1 atom stereocenters. The highest BCUT2D eigenvalue weighted by molar-refractivity contribution is 5.89. The van der Waals surface area contributed by atoms with Crippen molar-refractivity contribution < 1.29 is 9.84 Å². The van der Waals surface area contributed by atoms with Crippen molar-refractivity contribution in [2.45, 2.75) is 32.4 Å². The van der Waals surface area contributed by atoms with Gasteiger partial charge in [-0.1, -0.05) is 6.07 Å². The molecule has 2 aromatic rings. The van der Waals surface area contributed by atoms with Gasteiger partial charge in [-0.15, -0.1) is 0 Å². The SMILES string of the molecule is CC(C)(C)NCC(O)COc1cccc2[nH]c(N)cc12. The van der Waals surface area contributed by atoms with Crippen molar-refractivity contribution in [3.63, 3.8) is 0 Å². The van der Waals surface area contributed by atoms with Crippen molar-refractivity contribution in [2.24, 2.45) is 0 Å². The van der Waals surface area contributed by atoms with Crippen molar-refractivity contribution in [1.82, 2.24) is 10.3 Å². The van der Waals surface area contributed by atoms with Gasteiger partial charge >= 0.3 is 0 Å². The summed E-state index contributed by atoms with van der Waals surface area (Å²) in [6.45, 7) is 6.92. The van der Waals surface area contributed by atoms with Gasteiger partial charge < -0.3 is 25.9 Å². The van der Waals surface area contributed by atoms with E-state index in [0.717, 1.165) is 16.7 Å². The Morgan fingerprint density at radius 3 is 2.85 bits per heavy atom. The Morgan fingerprint density at radius 1 is 1.40 bits per heavy atom. The number of H-pyrrole nitrogens is 1. The van der Waals surface area contributed by atoms with Gasteiger partial charge in [-0.05, 0) is 39.0 Å². The van der Waals surface area contributed by atoms with Crippen molar-refractivity contribution in [2.75, 3.05) is 18.9 Å². The van der Waals surface area contributed by atoms with Gasteiger partial charge in [-0.25, -0.2) is 0 Å². The molecule has 0 radical (unpaired) electrons. The van der Waals surface area contributed by atoms with Gasteiger partial charge in [0.15, 0.2) is 0 Å². The number of ether oxygens (including phenoxy) is 1. The number of aliphatic hydroxyl groups excluding tert-OH is 1. The lowest BCUT2D eigenvalue weighted by atomic mass is 10.1. The molecule has 0 aliphatic rings. The maximum atomic E-state index is 9.93. The number of nitrogen functional groups attached to an aromatic ring is 1. The van der Waals surface area contributed by atoms with Crippen LogP contribution in [0.25, 0.3) is 10.9 Å². The summed E-state index contributed by atoms with van der Waals surface area (Å²) in [5, 5.41) is 14.1. The first kappa shape index (κ1) is 14.7. The molecule has 1 unspecified atom stereocenters. The van der Waals surface area contributed by atoms with E-state index >= 15 is 0 Å². The number of rotatable bonds is 5. The number of hydrogen-bond donors (Lipinski definition) is 4. The lowest BCUT2D eigenvalue weighted by molar-refractivity contribution is 0.101. The molecule has 5 nitrogen and oxygen atoms in total. The molecule has 0 saturated carbocycles. The number of aromatic nitrogens is 1. The third-order valence-electron chi connectivity index (χ3n) is 2.94. The molecule has 0 amide bonds. The van der Waals surface area contributed by atoms with Crippen LogP contribution in [0.4, 0.5) is 5.82 Å². The summed E-state index contributed by atoms with van der Waals surface area (Å²) in [7, 11) is 0. The number of β-amino-alcohol motifs (C(OH)–C–C–N with tert-alkyl or cyclic N) is 1. The summed E-state index contributed by atoms with van der Waals surface area (Å²) in [6.07, 6.45) is -0.555. The van der Waals surface area contributed by atoms with Crippen LogP contribution in [0.5, 0.6) is 5.75 Å². The quantitative estimate of drug-likeness (QED) is 0.672. The monoisotopic (exact) mass is 277 g/mol. The van der Waals surface area contributed by atoms with Crippen LogP contribution in [0.1, 0.15) is 20.8 Å². The average molecular weight is 277 g/mol. The Balaban J connectivity index is 1.95. The Morgan fingerprint density at radius 2 is 2.15 bits per heavy atom. The first-order valence-corrected chi connectivity index (χ1v) is 6.78. The topological polar surface area (TPSA) is 83.3 Å². The number of hydrogen-bond acceptors (Lipinski definition) is 4. The number of benzene rings is 1. The van der Waals surface area contributed by atoms with Crippen molar-refractivity contribution in [3.8, 4) is 5.75 Å². The van der Waals surface area contributed by atoms with E-state index in [1.54, 1.807) is 0 Å². The van der Waals surface area contributed by atoms with Gasteiger partial charge in [0.05, 0.1) is 5.52 Å². The van der Waals surface area contributed by atoms with Crippen molar-refractivity contribution in [3.05, 3.63) is 24.3 Å². The molecule has 110 valence electrons. The fourth-order valence-electron chi connectivity index (χ4n) is 1.94. The maximum Gasteiger partial charge on any atom is 0.128 e. The summed E-state index contributed by atoms with van der Waals surface area (Å²) in [6, 6.07) is 7.55. The second-order valence-electron chi connectivity index (χ2n) is 6.04. The summed E-state index contributed by atoms with van der Waals surface area (Å²) in [5.41, 5.74) is 6.66. The second kappa shape index (κ2) is 5.73. The van der Waals surface area contributed by atoms with Crippen LogP contribution >= 0.6 is 0 Å². The fourth-order valence-corrected chi connectivity index (χ4v) is 1.94. The first-order chi connectivity index (χ1) is 9.35. The van der Waals surface area contributed by atoms with Crippen LogP contribution in [-0.2, 0) is 0 Å². The fraction of sp³-hybridized carbons (Fsp3) is 0.467. The third kappa shape index (κ3) is 3.88. The van der Waals surface area contributed by atoms with Gasteiger partial charge in [-0.2, -0.15) is 0 Å². The van der Waals surface area contributed by atoms with Crippen molar-refractivity contribution >= 4 is 16.7 Å². The molecule has 20 heavy (non-hydrogen) atoms. The molecule has 1 heterocycles. The molecule has 0 aliphatic carbocycles. The highest BCUT2D eigenvalue weighted by Crippen LogP contribution is 2.27. The van der Waals surface area contributed by atoms with Gasteiger partial charge in [-0.3, -0.25) is 0 Å². The molecule has 0 fully saturated rings. The van der Waals surface area contributed by atoms with Crippen LogP contribution < -0.4 is 15.8 Å². The van der Waals surface area contributed by atoms with Crippen LogP contribution in [0, 0.1) is 0 Å². The predicted molar refractivity (Wildman–Crippen MR) is 82.0 cm³/mol. The smallest absolute Gasteiger partial charge is 0.128 e. The molecule has 2 rings (SSSR count). The standard InChI is InChI=1S/C15H23N3O2/c1-15(2,3)17-8-10(19)9-20-13-6-4-5-12-11(13)7-14(16)18-12/h4-7,10,17-19H,8-9,16H2,1-3H3. The number of aromatic amines is 1. The second-order valence-corrected chi connectivity index (χ2v) is 6.04. The van der Waals surface area contributed by atoms with Crippen LogP contribution in [0.2, 0.25) is 0 Å². The van der Waals surface area contributed by atoms with E-state index in [2.05, 4.69) is 31.1 Å². The average Bonchev–Trinajstić information content (AvgIpc) is 2.73. The zero-order valence-electron chi connectivity index (χ0n) is 12.2. The molecular weight excluding hydrogens is 254 g/mol. The molecule has 0 saturated heterocycles. The number of nitrogens with one attached hydrogen (secondary N) is 2. The van der Waals surface area contributed by atoms with Gasteiger partial charge in [0.2, 0.25) is 0 Å². The van der Waals surface area contributed by atoms with Gasteiger partial charge in [0.25, 0.3) is 0 Å². The first-order valence-electron chi connectivity index (χ1n) is 6.78. The van der Waals surface area contributed by atoms with Gasteiger partial charge in [0.1, 0.15) is 24.3 Å². The molecule has 5 N–H and O–H groups in total. The minimum Gasteiger partial charge on any atom is -0.490 e. The van der Waals surface area contributed by atoms with E-state index < -0.39 is 6.10 Å². The minimum absolute atomic E-state index is 0.0178. The lowest BCUT2D eigenvalue weighted by Gasteiger charge is -2.23. The van der Waals surface area contributed by atoms with E-state index in [-0.39, 0.29) is 12.1 Å². The molecule has 1 aromatic heterocycles. The highest BCUT2D eigenvalue weighted by Gasteiger charge is 2.13. The van der Waals surface area contributed by atoms with Crippen LogP contribution in [-0.4, -0.2) is 34.9 Å². The molecule has 5 heteroatoms. The van der Waals surface area contributed by atoms with Gasteiger partial charge in [0, 0.05) is 17.5 Å². The van der Waals surface area contributed by atoms with E-state index in [0.29, 0.717) is 12.4 Å². The Kier molecular flexibility index (Phi) is 4.20. The number of nitrogens with two attached hydrogens (primary N) is 1. The molecule has 0 aliphatic heterocycles. The normalized spacial score (nSPS) is 13.6. The lowest BCUT2D eigenvalue weighted by Crippen LogP contribution is -2.42. The molecule has 1 aromatic carbocycles. The summed E-state index contributed by atoms with van der Waals surface area (Å²) < 4.78 is 5.69. The number of aliphatic hydroxyl groups is 1. The molecule has 0 spiro atoms. The zero-order chi connectivity index (χ0) is 14.8. The predicted octanol–water partition coefficient (Wildman–Crippen LogP) is 1.88. The molecular formula is C15H23N3O2. The maximum absolute atomic E-state index is 9.93. The summed E-state index contributed by atoms with van der Waals surface area (Å²) in [4.78, 5) is 3.05. The molecule has 0 bridgehead atoms. The summed E-state index contributed by atoms with van der Waals surface area (Å²) in [5.74, 6) is 1.33. The minimum atomic E-state index is -0.555. The number of anilines is 1. The zero-order valence-corrected chi connectivity index (χ0v) is 12.2. The van der Waals surface area contributed by atoms with Crippen LogP contribution in [0.3, 0.4) is 0 Å². The Hall–Kier alpha value is -1.72. The Labute approximate surface area is 119 Å². The van der Waals surface area contributed by atoms with E-state index in [1.165, 1.54) is 0 Å². The van der Waals surface area contributed by atoms with Crippen LogP contribution in [0.15, 0.2) is 24.3 Å². The number of fused-ring (bicyclic) bond motifs is 1. The summed E-state index contributed by atoms with van der Waals surface area (Å²) >= 11 is 0. The van der Waals surface area contributed by atoms with E-state index in [4.69, 9.17) is 10.5 Å². The largest absolute Gasteiger partial charge is 0.490 e. The van der Waals surface area contributed by atoms with E-state index in [1.807, 2.05) is 24.3 Å².